The summed E-state index contributed by atoms with van der Waals surface area (Å²) >= 11 is 0. The van der Waals surface area contributed by atoms with Crippen LogP contribution in [0.4, 0.5) is 4.39 Å². The molecule has 1 aromatic rings. The number of hydrogen-bond acceptors (Lipinski definition) is 1. The first-order valence-electron chi connectivity index (χ1n) is 6.55. The summed E-state index contributed by atoms with van der Waals surface area (Å²) in [4.78, 5) is 0. The van der Waals surface area contributed by atoms with Crippen LogP contribution < -0.4 is 5.32 Å². The first kappa shape index (κ1) is 12.6. The van der Waals surface area contributed by atoms with Crippen LogP contribution in [0, 0.1) is 12.7 Å². The largest absolute Gasteiger partial charge is 0.314 e. The molecular formula is C15H22FN. The fourth-order valence-corrected chi connectivity index (χ4v) is 3.05. The van der Waals surface area contributed by atoms with Crippen molar-refractivity contribution in [2.75, 3.05) is 6.54 Å². The maximum Gasteiger partial charge on any atom is 0.126 e. The smallest absolute Gasteiger partial charge is 0.126 e. The van der Waals surface area contributed by atoms with Gasteiger partial charge in [-0.1, -0.05) is 31.5 Å². The highest BCUT2D eigenvalue weighted by molar-refractivity contribution is 5.32. The molecule has 1 fully saturated rings. The van der Waals surface area contributed by atoms with E-state index in [0.29, 0.717) is 6.04 Å². The SMILES string of the molecule is CCNC1CCC(C)(c2cc(C)ccc2F)C1. The van der Waals surface area contributed by atoms with Crippen molar-refractivity contribution < 1.29 is 4.39 Å². The van der Waals surface area contributed by atoms with Gasteiger partial charge in [0.25, 0.3) is 0 Å². The van der Waals surface area contributed by atoms with Crippen molar-refractivity contribution in [3.05, 3.63) is 35.1 Å². The van der Waals surface area contributed by atoms with E-state index in [9.17, 15) is 4.39 Å². The van der Waals surface area contributed by atoms with Gasteiger partial charge in [-0.3, -0.25) is 0 Å². The van der Waals surface area contributed by atoms with Gasteiger partial charge < -0.3 is 5.32 Å². The molecule has 1 aliphatic rings. The minimum atomic E-state index is -0.0461. The third-order valence-corrected chi connectivity index (χ3v) is 4.01. The minimum absolute atomic E-state index is 0.00292. The van der Waals surface area contributed by atoms with Crippen molar-refractivity contribution in [3.63, 3.8) is 0 Å². The van der Waals surface area contributed by atoms with Gasteiger partial charge in [-0.05, 0) is 49.8 Å². The summed E-state index contributed by atoms with van der Waals surface area (Å²) in [6.45, 7) is 7.35. The van der Waals surface area contributed by atoms with Gasteiger partial charge in [-0.25, -0.2) is 4.39 Å². The van der Waals surface area contributed by atoms with E-state index in [1.807, 2.05) is 19.1 Å². The highest BCUT2D eigenvalue weighted by atomic mass is 19.1. The van der Waals surface area contributed by atoms with E-state index in [-0.39, 0.29) is 11.2 Å². The van der Waals surface area contributed by atoms with Gasteiger partial charge in [-0.15, -0.1) is 0 Å². The lowest BCUT2D eigenvalue weighted by Gasteiger charge is -2.26. The minimum Gasteiger partial charge on any atom is -0.314 e. The topological polar surface area (TPSA) is 12.0 Å². The Hall–Kier alpha value is -0.890. The molecule has 0 saturated heterocycles. The standard InChI is InChI=1S/C15H22FN/c1-4-17-12-7-8-15(3,10-12)13-9-11(2)5-6-14(13)16/h5-6,9,12,17H,4,7-8,10H2,1-3H3. The Morgan fingerprint density at radius 3 is 2.94 bits per heavy atom. The van der Waals surface area contributed by atoms with E-state index < -0.39 is 0 Å². The maximum atomic E-state index is 14.0. The van der Waals surface area contributed by atoms with Gasteiger partial charge >= 0.3 is 0 Å². The highest BCUT2D eigenvalue weighted by Crippen LogP contribution is 2.42. The number of rotatable bonds is 3. The quantitative estimate of drug-likeness (QED) is 0.844. The Bertz CT molecular complexity index is 402. The van der Waals surface area contributed by atoms with Crippen LogP contribution in [-0.4, -0.2) is 12.6 Å². The van der Waals surface area contributed by atoms with Crippen molar-refractivity contribution in [1.82, 2.24) is 5.32 Å². The summed E-state index contributed by atoms with van der Waals surface area (Å²) < 4.78 is 14.0. The molecule has 2 atom stereocenters. The highest BCUT2D eigenvalue weighted by Gasteiger charge is 2.37. The predicted molar refractivity (Wildman–Crippen MR) is 69.8 cm³/mol. The monoisotopic (exact) mass is 235 g/mol. The Morgan fingerprint density at radius 2 is 2.24 bits per heavy atom. The number of aryl methyl sites for hydroxylation is 1. The molecule has 0 aliphatic heterocycles. The van der Waals surface area contributed by atoms with Gasteiger partial charge in [-0.2, -0.15) is 0 Å². The molecule has 0 spiro atoms. The number of hydrogen-bond donors (Lipinski definition) is 1. The van der Waals surface area contributed by atoms with Crippen LogP contribution in [0.5, 0.6) is 0 Å². The van der Waals surface area contributed by atoms with E-state index in [4.69, 9.17) is 0 Å². The molecule has 2 heteroatoms. The molecule has 2 unspecified atom stereocenters. The Balaban J connectivity index is 2.24. The van der Waals surface area contributed by atoms with Crippen molar-refractivity contribution in [1.29, 1.82) is 0 Å². The van der Waals surface area contributed by atoms with Crippen LogP contribution in [0.1, 0.15) is 44.2 Å². The zero-order valence-corrected chi connectivity index (χ0v) is 11.0. The average molecular weight is 235 g/mol. The Morgan fingerprint density at radius 1 is 1.47 bits per heavy atom. The molecule has 1 N–H and O–H groups in total. The van der Waals surface area contributed by atoms with Gasteiger partial charge in [0.1, 0.15) is 5.82 Å². The number of benzene rings is 1. The van der Waals surface area contributed by atoms with E-state index in [0.717, 1.165) is 36.9 Å². The summed E-state index contributed by atoms with van der Waals surface area (Å²) in [5, 5.41) is 3.48. The first-order valence-corrected chi connectivity index (χ1v) is 6.55. The van der Waals surface area contributed by atoms with E-state index in [2.05, 4.69) is 19.2 Å². The fourth-order valence-electron chi connectivity index (χ4n) is 3.05. The van der Waals surface area contributed by atoms with Crippen LogP contribution in [-0.2, 0) is 5.41 Å². The van der Waals surface area contributed by atoms with Gasteiger partial charge in [0.05, 0.1) is 0 Å². The second-order valence-electron chi connectivity index (χ2n) is 5.54. The Kier molecular flexibility index (Phi) is 3.53. The Labute approximate surface area is 103 Å². The second kappa shape index (κ2) is 4.77. The van der Waals surface area contributed by atoms with Crippen molar-refractivity contribution in [3.8, 4) is 0 Å². The summed E-state index contributed by atoms with van der Waals surface area (Å²) in [6.07, 6.45) is 3.27. The molecule has 0 bridgehead atoms. The predicted octanol–water partition coefficient (Wildman–Crippen LogP) is 3.55. The molecule has 0 radical (unpaired) electrons. The van der Waals surface area contributed by atoms with Crippen molar-refractivity contribution in [2.24, 2.45) is 0 Å². The molecule has 0 aromatic heterocycles. The molecule has 1 saturated carbocycles. The van der Waals surface area contributed by atoms with Crippen LogP contribution in [0.2, 0.25) is 0 Å². The van der Waals surface area contributed by atoms with Crippen LogP contribution in [0.25, 0.3) is 0 Å². The summed E-state index contributed by atoms with van der Waals surface area (Å²) in [6, 6.07) is 6.02. The van der Waals surface area contributed by atoms with E-state index >= 15 is 0 Å². The normalized spacial score (nSPS) is 28.6. The molecule has 1 aromatic carbocycles. The fraction of sp³-hybridized carbons (Fsp3) is 0.600. The van der Waals surface area contributed by atoms with Crippen LogP contribution in [0.3, 0.4) is 0 Å². The molecule has 1 nitrogen and oxygen atoms in total. The van der Waals surface area contributed by atoms with Gasteiger partial charge in [0.15, 0.2) is 0 Å². The van der Waals surface area contributed by atoms with Crippen LogP contribution >= 0.6 is 0 Å². The lowest BCUT2D eigenvalue weighted by Crippen LogP contribution is -2.29. The first-order chi connectivity index (χ1) is 8.05. The molecule has 17 heavy (non-hydrogen) atoms. The molecule has 0 heterocycles. The summed E-state index contributed by atoms with van der Waals surface area (Å²) in [5.74, 6) is -0.0461. The molecule has 94 valence electrons. The molecule has 0 amide bonds. The van der Waals surface area contributed by atoms with E-state index in [1.54, 1.807) is 6.07 Å². The van der Waals surface area contributed by atoms with Crippen LogP contribution in [0.15, 0.2) is 18.2 Å². The molecule has 2 rings (SSSR count). The zero-order valence-electron chi connectivity index (χ0n) is 11.0. The second-order valence-corrected chi connectivity index (χ2v) is 5.54. The number of nitrogens with one attached hydrogen (secondary N) is 1. The third kappa shape index (κ3) is 2.52. The molecule has 1 aliphatic carbocycles. The van der Waals surface area contributed by atoms with E-state index in [1.165, 1.54) is 0 Å². The average Bonchev–Trinajstić information content (AvgIpc) is 2.66. The van der Waals surface area contributed by atoms with Crippen molar-refractivity contribution in [2.45, 2.75) is 51.5 Å². The zero-order chi connectivity index (χ0) is 12.5. The number of halogens is 1. The summed E-state index contributed by atoms with van der Waals surface area (Å²) in [5.41, 5.74) is 2.05. The van der Waals surface area contributed by atoms with Gasteiger partial charge in [0, 0.05) is 6.04 Å². The van der Waals surface area contributed by atoms with Gasteiger partial charge in [0.2, 0.25) is 0 Å². The van der Waals surface area contributed by atoms with Crippen molar-refractivity contribution >= 4 is 0 Å². The third-order valence-electron chi connectivity index (χ3n) is 4.01. The lowest BCUT2D eigenvalue weighted by atomic mass is 9.80. The molecular weight excluding hydrogens is 213 g/mol. The maximum absolute atomic E-state index is 14.0. The summed E-state index contributed by atoms with van der Waals surface area (Å²) in [7, 11) is 0. The lowest BCUT2D eigenvalue weighted by molar-refractivity contribution is 0.435.